The molecule has 0 bridgehead atoms. The summed E-state index contributed by atoms with van der Waals surface area (Å²) in [5, 5.41) is 9.93. The molecule has 0 radical (unpaired) electrons. The van der Waals surface area contributed by atoms with E-state index in [0.717, 1.165) is 6.42 Å². The van der Waals surface area contributed by atoms with Crippen LogP contribution < -0.4 is 4.74 Å². The lowest BCUT2D eigenvalue weighted by Gasteiger charge is -2.34. The second-order valence-electron chi connectivity index (χ2n) is 4.80. The zero-order valence-corrected chi connectivity index (χ0v) is 12.2. The molecule has 0 amide bonds. The number of nitrogens with zero attached hydrogens (tertiary/aromatic N) is 2. The highest BCUT2D eigenvalue weighted by atomic mass is 16.5. The molecule has 1 fully saturated rings. The lowest BCUT2D eigenvalue weighted by molar-refractivity contribution is -0.189. The van der Waals surface area contributed by atoms with Crippen LogP contribution in [-0.4, -0.2) is 34.9 Å². The van der Waals surface area contributed by atoms with E-state index in [9.17, 15) is 5.11 Å². The van der Waals surface area contributed by atoms with Crippen LogP contribution in [-0.2, 0) is 10.3 Å². The third kappa shape index (κ3) is 4.44. The minimum atomic E-state index is -1.00. The molecule has 1 saturated heterocycles. The molecular weight excluding hydrogens is 244 g/mol. The molecule has 0 aliphatic carbocycles. The van der Waals surface area contributed by atoms with Crippen LogP contribution in [0.1, 0.15) is 39.9 Å². The summed E-state index contributed by atoms with van der Waals surface area (Å²) in [5.41, 5.74) is -1.00. The third-order valence-electron chi connectivity index (χ3n) is 2.69. The molecule has 1 aromatic heterocycles. The van der Waals surface area contributed by atoms with Crippen molar-refractivity contribution in [1.29, 1.82) is 0 Å². The molecule has 1 aromatic rings. The molecule has 1 aliphatic heterocycles. The molecule has 0 spiro atoms. The third-order valence-corrected chi connectivity index (χ3v) is 2.69. The summed E-state index contributed by atoms with van der Waals surface area (Å²) < 4.78 is 10.5. The van der Waals surface area contributed by atoms with Gasteiger partial charge in [0.15, 0.2) is 17.2 Å². The zero-order chi connectivity index (χ0) is 14.3. The first-order chi connectivity index (χ1) is 9.10. The maximum absolute atomic E-state index is 9.93. The van der Waals surface area contributed by atoms with Crippen LogP contribution in [0.4, 0.5) is 0 Å². The van der Waals surface area contributed by atoms with Gasteiger partial charge in [-0.25, -0.2) is 9.97 Å². The highest BCUT2D eigenvalue weighted by molar-refractivity contribution is 5.16. The van der Waals surface area contributed by atoms with E-state index in [2.05, 4.69) is 23.8 Å². The average Bonchev–Trinajstić information content (AvgIpc) is 2.39. The lowest BCUT2D eigenvalue weighted by atomic mass is 10.0. The predicted molar refractivity (Wildman–Crippen MR) is 73.0 cm³/mol. The first-order valence-electron chi connectivity index (χ1n) is 6.85. The molecule has 0 atom stereocenters. The van der Waals surface area contributed by atoms with Crippen LogP contribution in [0.3, 0.4) is 0 Å². The Morgan fingerprint density at radius 3 is 2.32 bits per heavy atom. The van der Waals surface area contributed by atoms with E-state index in [-0.39, 0.29) is 13.2 Å². The smallest absolute Gasteiger partial charge is 0.170 e. The lowest BCUT2D eigenvalue weighted by Crippen LogP contribution is -2.47. The summed E-state index contributed by atoms with van der Waals surface area (Å²) in [5.74, 6) is 1.65. The van der Waals surface area contributed by atoms with Crippen molar-refractivity contribution >= 4 is 0 Å². The van der Waals surface area contributed by atoms with Gasteiger partial charge < -0.3 is 14.6 Å². The SMILES string of the molecule is CC.CC(C)CCOc1cnc(C2(O)COC2)nc1. The van der Waals surface area contributed by atoms with E-state index in [0.29, 0.717) is 24.1 Å². The van der Waals surface area contributed by atoms with Crippen molar-refractivity contribution in [2.45, 2.75) is 39.7 Å². The standard InChI is InChI=1S/C12H18N2O3.C2H6/c1-9(2)3-4-17-10-5-13-11(14-6-10)12(15)7-16-8-12;1-2/h5-6,9,15H,3-4,7-8H2,1-2H3;1-2H3. The number of ether oxygens (including phenoxy) is 2. The highest BCUT2D eigenvalue weighted by Crippen LogP contribution is 2.26. The van der Waals surface area contributed by atoms with Crippen LogP contribution in [0.2, 0.25) is 0 Å². The monoisotopic (exact) mass is 268 g/mol. The minimum Gasteiger partial charge on any atom is -0.490 e. The topological polar surface area (TPSA) is 64.5 Å². The second kappa shape index (κ2) is 7.40. The van der Waals surface area contributed by atoms with Gasteiger partial charge in [-0.15, -0.1) is 0 Å². The summed E-state index contributed by atoms with van der Waals surface area (Å²) >= 11 is 0. The van der Waals surface area contributed by atoms with E-state index in [4.69, 9.17) is 9.47 Å². The fourth-order valence-corrected chi connectivity index (χ4v) is 1.47. The molecule has 1 aliphatic rings. The molecule has 1 N–H and O–H groups in total. The summed E-state index contributed by atoms with van der Waals surface area (Å²) in [6.45, 7) is 9.49. The van der Waals surface area contributed by atoms with Crippen molar-refractivity contribution < 1.29 is 14.6 Å². The molecule has 2 rings (SSSR count). The van der Waals surface area contributed by atoms with Gasteiger partial charge >= 0.3 is 0 Å². The number of hydrogen-bond donors (Lipinski definition) is 1. The second-order valence-corrected chi connectivity index (χ2v) is 4.80. The van der Waals surface area contributed by atoms with Gasteiger partial charge in [-0.3, -0.25) is 0 Å². The fraction of sp³-hybridized carbons (Fsp3) is 0.714. The van der Waals surface area contributed by atoms with Crippen LogP contribution in [0.25, 0.3) is 0 Å². The van der Waals surface area contributed by atoms with E-state index < -0.39 is 5.60 Å². The summed E-state index contributed by atoms with van der Waals surface area (Å²) in [6.07, 6.45) is 4.19. The van der Waals surface area contributed by atoms with Crippen LogP contribution >= 0.6 is 0 Å². The predicted octanol–water partition coefficient (Wildman–Crippen LogP) is 2.15. The van der Waals surface area contributed by atoms with Crippen LogP contribution in [0.15, 0.2) is 12.4 Å². The Labute approximate surface area is 115 Å². The van der Waals surface area contributed by atoms with Crippen molar-refractivity contribution in [2.24, 2.45) is 5.92 Å². The van der Waals surface area contributed by atoms with Gasteiger partial charge in [-0.05, 0) is 12.3 Å². The Morgan fingerprint density at radius 1 is 1.32 bits per heavy atom. The number of rotatable bonds is 5. The quantitative estimate of drug-likeness (QED) is 0.886. The molecule has 5 heteroatoms. The van der Waals surface area contributed by atoms with Gasteiger partial charge in [0.25, 0.3) is 0 Å². The Kier molecular flexibility index (Phi) is 6.18. The number of aromatic nitrogens is 2. The van der Waals surface area contributed by atoms with Crippen molar-refractivity contribution in [2.75, 3.05) is 19.8 Å². The normalized spacial score (nSPS) is 16.3. The van der Waals surface area contributed by atoms with E-state index in [1.54, 1.807) is 12.4 Å². The van der Waals surface area contributed by atoms with E-state index in [1.807, 2.05) is 13.8 Å². The minimum absolute atomic E-state index is 0.264. The number of aliphatic hydroxyl groups is 1. The van der Waals surface area contributed by atoms with Gasteiger partial charge in [0.2, 0.25) is 0 Å². The van der Waals surface area contributed by atoms with E-state index in [1.165, 1.54) is 0 Å². The first kappa shape index (κ1) is 15.9. The molecular formula is C14H24N2O3. The van der Waals surface area contributed by atoms with Crippen molar-refractivity contribution in [1.82, 2.24) is 9.97 Å². The molecule has 2 heterocycles. The zero-order valence-electron chi connectivity index (χ0n) is 12.2. The van der Waals surface area contributed by atoms with Gasteiger partial charge in [0.05, 0.1) is 32.2 Å². The highest BCUT2D eigenvalue weighted by Gasteiger charge is 2.40. The Balaban J connectivity index is 0.000000861. The maximum atomic E-state index is 9.93. The van der Waals surface area contributed by atoms with Crippen molar-refractivity contribution in [3.05, 3.63) is 18.2 Å². The molecule has 0 aromatic carbocycles. The Bertz CT molecular complexity index is 361. The van der Waals surface area contributed by atoms with Crippen LogP contribution in [0, 0.1) is 5.92 Å². The average molecular weight is 268 g/mol. The molecule has 0 unspecified atom stereocenters. The summed E-state index contributed by atoms with van der Waals surface area (Å²) in [6, 6.07) is 0. The summed E-state index contributed by atoms with van der Waals surface area (Å²) in [4.78, 5) is 8.21. The molecule has 19 heavy (non-hydrogen) atoms. The first-order valence-corrected chi connectivity index (χ1v) is 6.85. The summed E-state index contributed by atoms with van der Waals surface area (Å²) in [7, 11) is 0. The van der Waals surface area contributed by atoms with Crippen LogP contribution in [0.5, 0.6) is 5.75 Å². The van der Waals surface area contributed by atoms with Gasteiger partial charge in [0.1, 0.15) is 0 Å². The fourth-order valence-electron chi connectivity index (χ4n) is 1.47. The van der Waals surface area contributed by atoms with Gasteiger partial charge in [0, 0.05) is 0 Å². The Hall–Kier alpha value is -1.20. The van der Waals surface area contributed by atoms with Gasteiger partial charge in [-0.2, -0.15) is 0 Å². The Morgan fingerprint density at radius 2 is 1.89 bits per heavy atom. The molecule has 0 saturated carbocycles. The van der Waals surface area contributed by atoms with E-state index >= 15 is 0 Å². The largest absolute Gasteiger partial charge is 0.490 e. The number of hydrogen-bond acceptors (Lipinski definition) is 5. The molecule has 5 nitrogen and oxygen atoms in total. The van der Waals surface area contributed by atoms with Crippen molar-refractivity contribution in [3.8, 4) is 5.75 Å². The molecule has 108 valence electrons. The van der Waals surface area contributed by atoms with Crippen molar-refractivity contribution in [3.63, 3.8) is 0 Å². The maximum Gasteiger partial charge on any atom is 0.170 e. The van der Waals surface area contributed by atoms with Gasteiger partial charge in [-0.1, -0.05) is 27.7 Å².